The van der Waals surface area contributed by atoms with Crippen LogP contribution in [0.5, 0.6) is 0 Å². The van der Waals surface area contributed by atoms with E-state index in [0.29, 0.717) is 5.92 Å². The molecule has 0 unspecified atom stereocenters. The predicted octanol–water partition coefficient (Wildman–Crippen LogP) is 2.07. The lowest BCUT2D eigenvalue weighted by atomic mass is 9.95. The highest BCUT2D eigenvalue weighted by Crippen LogP contribution is 2.28. The van der Waals surface area contributed by atoms with Crippen LogP contribution in [0.3, 0.4) is 0 Å². The van der Waals surface area contributed by atoms with Gasteiger partial charge < -0.3 is 9.15 Å². The average Bonchev–Trinajstić information content (AvgIpc) is 2.95. The SMILES string of the molecule is COC[C@H]1CN(Cc2ccc(C)o2)Cc2nn(C)cc21. The molecule has 1 aliphatic rings. The van der Waals surface area contributed by atoms with E-state index >= 15 is 0 Å². The maximum Gasteiger partial charge on any atom is 0.118 e. The number of nitrogens with zero attached hydrogens (tertiary/aromatic N) is 3. The Morgan fingerprint density at radius 1 is 1.45 bits per heavy atom. The van der Waals surface area contributed by atoms with Gasteiger partial charge in [-0.05, 0) is 19.1 Å². The zero-order valence-electron chi connectivity index (χ0n) is 12.3. The van der Waals surface area contributed by atoms with Gasteiger partial charge in [0.1, 0.15) is 11.5 Å². The molecule has 0 amide bonds. The summed E-state index contributed by atoms with van der Waals surface area (Å²) in [5, 5.41) is 4.57. The van der Waals surface area contributed by atoms with E-state index in [0.717, 1.165) is 43.5 Å². The Hall–Kier alpha value is -1.59. The van der Waals surface area contributed by atoms with Crippen LogP contribution in [0.25, 0.3) is 0 Å². The molecule has 1 atom stereocenters. The number of furan rings is 1. The van der Waals surface area contributed by atoms with E-state index < -0.39 is 0 Å². The normalized spacial score (nSPS) is 19.2. The average molecular weight is 275 g/mol. The van der Waals surface area contributed by atoms with Gasteiger partial charge in [0.25, 0.3) is 0 Å². The van der Waals surface area contributed by atoms with Gasteiger partial charge in [0, 0.05) is 44.9 Å². The quantitative estimate of drug-likeness (QED) is 0.856. The number of ether oxygens (including phenoxy) is 1. The molecule has 0 saturated heterocycles. The van der Waals surface area contributed by atoms with E-state index in [2.05, 4.69) is 22.3 Å². The van der Waals surface area contributed by atoms with E-state index in [9.17, 15) is 0 Å². The van der Waals surface area contributed by atoms with Crippen LogP contribution in [0.4, 0.5) is 0 Å². The van der Waals surface area contributed by atoms with Crippen LogP contribution >= 0.6 is 0 Å². The number of rotatable bonds is 4. The van der Waals surface area contributed by atoms with Gasteiger partial charge in [0.05, 0.1) is 18.8 Å². The molecule has 20 heavy (non-hydrogen) atoms. The van der Waals surface area contributed by atoms with Crippen molar-refractivity contribution in [2.24, 2.45) is 7.05 Å². The lowest BCUT2D eigenvalue weighted by Gasteiger charge is -2.31. The van der Waals surface area contributed by atoms with E-state index in [4.69, 9.17) is 9.15 Å². The fourth-order valence-corrected chi connectivity index (χ4v) is 2.96. The summed E-state index contributed by atoms with van der Waals surface area (Å²) in [5.74, 6) is 2.36. The minimum absolute atomic E-state index is 0.383. The molecule has 0 saturated carbocycles. The summed E-state index contributed by atoms with van der Waals surface area (Å²) in [6.45, 7) is 5.38. The van der Waals surface area contributed by atoms with E-state index in [1.807, 2.05) is 24.7 Å². The zero-order valence-corrected chi connectivity index (χ0v) is 12.3. The Morgan fingerprint density at radius 2 is 2.30 bits per heavy atom. The number of aromatic nitrogens is 2. The van der Waals surface area contributed by atoms with Gasteiger partial charge in [0.15, 0.2) is 0 Å². The molecule has 0 radical (unpaired) electrons. The van der Waals surface area contributed by atoms with Crippen LogP contribution in [-0.2, 0) is 24.9 Å². The topological polar surface area (TPSA) is 43.4 Å². The van der Waals surface area contributed by atoms with E-state index in [1.165, 1.54) is 5.56 Å². The van der Waals surface area contributed by atoms with Crippen molar-refractivity contribution in [1.82, 2.24) is 14.7 Å². The molecular formula is C15H21N3O2. The van der Waals surface area contributed by atoms with E-state index in [-0.39, 0.29) is 0 Å². The van der Waals surface area contributed by atoms with Crippen LogP contribution in [-0.4, -0.2) is 34.9 Å². The highest BCUT2D eigenvalue weighted by atomic mass is 16.5. The standard InChI is InChI=1S/C15H21N3O2/c1-11-4-5-13(20-11)7-18-6-12(10-19-3)14-8-17(2)16-15(14)9-18/h4-5,8,12H,6-7,9-10H2,1-3H3/t12-/m1/s1. The number of fused-ring (bicyclic) bond motifs is 1. The summed E-state index contributed by atoms with van der Waals surface area (Å²) >= 11 is 0. The molecule has 108 valence electrons. The molecule has 1 aliphatic heterocycles. The van der Waals surface area contributed by atoms with Crippen LogP contribution in [0.2, 0.25) is 0 Å². The van der Waals surface area contributed by atoms with Gasteiger partial charge >= 0.3 is 0 Å². The second kappa shape index (κ2) is 5.42. The summed E-state index contributed by atoms with van der Waals surface area (Å²) in [4.78, 5) is 2.37. The Morgan fingerprint density at radius 3 is 3.00 bits per heavy atom. The second-order valence-electron chi connectivity index (χ2n) is 5.54. The van der Waals surface area contributed by atoms with Crippen LogP contribution in [0, 0.1) is 6.92 Å². The van der Waals surface area contributed by atoms with E-state index in [1.54, 1.807) is 7.11 Å². The van der Waals surface area contributed by atoms with Gasteiger partial charge in [-0.2, -0.15) is 5.10 Å². The van der Waals surface area contributed by atoms with Crippen LogP contribution in [0.1, 0.15) is 28.7 Å². The van der Waals surface area contributed by atoms with Crippen molar-refractivity contribution in [1.29, 1.82) is 0 Å². The third-order valence-electron chi connectivity index (χ3n) is 3.77. The van der Waals surface area contributed by atoms with Crippen LogP contribution < -0.4 is 0 Å². The number of hydrogen-bond donors (Lipinski definition) is 0. The van der Waals surface area contributed by atoms with Crippen molar-refractivity contribution in [2.75, 3.05) is 20.3 Å². The highest BCUT2D eigenvalue weighted by Gasteiger charge is 2.28. The molecule has 0 spiro atoms. The zero-order chi connectivity index (χ0) is 14.1. The first-order valence-corrected chi connectivity index (χ1v) is 6.94. The molecule has 5 heteroatoms. The maximum absolute atomic E-state index is 5.68. The molecule has 0 N–H and O–H groups in total. The Bertz CT molecular complexity index is 588. The lowest BCUT2D eigenvalue weighted by molar-refractivity contribution is 0.131. The second-order valence-corrected chi connectivity index (χ2v) is 5.54. The first kappa shape index (κ1) is 13.4. The molecule has 0 bridgehead atoms. The van der Waals surface area contributed by atoms with Gasteiger partial charge in [-0.3, -0.25) is 9.58 Å². The van der Waals surface area contributed by atoms with Gasteiger partial charge in [-0.15, -0.1) is 0 Å². The summed E-state index contributed by atoms with van der Waals surface area (Å²) in [5.41, 5.74) is 2.48. The first-order valence-electron chi connectivity index (χ1n) is 6.94. The largest absolute Gasteiger partial charge is 0.465 e. The fourth-order valence-electron chi connectivity index (χ4n) is 2.96. The van der Waals surface area contributed by atoms with Crippen molar-refractivity contribution < 1.29 is 9.15 Å². The van der Waals surface area contributed by atoms with Gasteiger partial charge in [0.2, 0.25) is 0 Å². The molecule has 0 aromatic carbocycles. The van der Waals surface area contributed by atoms with Crippen molar-refractivity contribution >= 4 is 0 Å². The molecular weight excluding hydrogens is 254 g/mol. The van der Waals surface area contributed by atoms with Crippen LogP contribution in [0.15, 0.2) is 22.7 Å². The van der Waals surface area contributed by atoms with Crippen molar-refractivity contribution in [2.45, 2.75) is 25.9 Å². The summed E-state index contributed by atoms with van der Waals surface area (Å²) in [6, 6.07) is 4.06. The monoisotopic (exact) mass is 275 g/mol. The maximum atomic E-state index is 5.68. The summed E-state index contributed by atoms with van der Waals surface area (Å²) in [7, 11) is 3.73. The molecule has 3 rings (SSSR count). The molecule has 5 nitrogen and oxygen atoms in total. The minimum atomic E-state index is 0.383. The summed E-state index contributed by atoms with van der Waals surface area (Å²) < 4.78 is 12.9. The molecule has 2 aromatic heterocycles. The smallest absolute Gasteiger partial charge is 0.118 e. The van der Waals surface area contributed by atoms with Gasteiger partial charge in [-0.25, -0.2) is 0 Å². The third kappa shape index (κ3) is 2.64. The highest BCUT2D eigenvalue weighted by molar-refractivity contribution is 5.25. The van der Waals surface area contributed by atoms with Crippen molar-refractivity contribution in [3.63, 3.8) is 0 Å². The Balaban J connectivity index is 1.78. The minimum Gasteiger partial charge on any atom is -0.465 e. The fraction of sp³-hybridized carbons (Fsp3) is 0.533. The van der Waals surface area contributed by atoms with Crippen molar-refractivity contribution in [3.8, 4) is 0 Å². The number of aryl methyl sites for hydroxylation is 2. The number of methoxy groups -OCH3 is 1. The third-order valence-corrected chi connectivity index (χ3v) is 3.77. The first-order chi connectivity index (χ1) is 9.65. The molecule has 0 aliphatic carbocycles. The predicted molar refractivity (Wildman–Crippen MR) is 75.4 cm³/mol. The Kier molecular flexibility index (Phi) is 3.63. The lowest BCUT2D eigenvalue weighted by Crippen LogP contribution is -2.34. The molecule has 0 fully saturated rings. The summed E-state index contributed by atoms with van der Waals surface area (Å²) in [6.07, 6.45) is 2.12. The molecule has 2 aromatic rings. The number of hydrogen-bond acceptors (Lipinski definition) is 4. The molecule has 3 heterocycles. The van der Waals surface area contributed by atoms with Crippen molar-refractivity contribution in [3.05, 3.63) is 41.1 Å². The van der Waals surface area contributed by atoms with Gasteiger partial charge in [-0.1, -0.05) is 0 Å². The Labute approximate surface area is 119 Å².